The van der Waals surface area contributed by atoms with Crippen LogP contribution in [0.15, 0.2) is 22.9 Å². The van der Waals surface area contributed by atoms with Crippen LogP contribution >= 0.6 is 15.9 Å². The Kier molecular flexibility index (Phi) is 3.26. The second-order valence-corrected chi connectivity index (χ2v) is 5.06. The Morgan fingerprint density at radius 3 is 2.28 bits per heavy atom. The van der Waals surface area contributed by atoms with Crippen LogP contribution in [0.4, 0.5) is 0 Å². The van der Waals surface area contributed by atoms with Gasteiger partial charge in [0.25, 0.3) is 0 Å². The second-order valence-electron chi connectivity index (χ2n) is 4.31. The third-order valence-electron chi connectivity index (χ3n) is 2.79. The fourth-order valence-corrected chi connectivity index (χ4v) is 2.68. The Morgan fingerprint density at radius 2 is 1.83 bits per heavy atom. The van der Waals surface area contributed by atoms with Gasteiger partial charge in [-0.25, -0.2) is 9.48 Å². The second kappa shape index (κ2) is 4.57. The Morgan fingerprint density at radius 1 is 1.28 bits per heavy atom. The molecule has 0 aliphatic heterocycles. The summed E-state index contributed by atoms with van der Waals surface area (Å²) in [6, 6.07) is 4.10. The molecule has 0 radical (unpaired) electrons. The van der Waals surface area contributed by atoms with Gasteiger partial charge in [0.1, 0.15) is 10.2 Å². The van der Waals surface area contributed by atoms with Gasteiger partial charge in [-0.1, -0.05) is 17.7 Å². The zero-order valence-electron chi connectivity index (χ0n) is 10.4. The van der Waals surface area contributed by atoms with E-state index >= 15 is 0 Å². The van der Waals surface area contributed by atoms with E-state index in [2.05, 4.69) is 33.2 Å². The average molecular weight is 309 g/mol. The summed E-state index contributed by atoms with van der Waals surface area (Å²) >= 11 is 3.30. The predicted octanol–water partition coefficient (Wildman–Crippen LogP) is 3.26. The van der Waals surface area contributed by atoms with Gasteiger partial charge in [0.05, 0.1) is 11.9 Å². The smallest absolute Gasteiger partial charge is 0.340 e. The highest BCUT2D eigenvalue weighted by Crippen LogP contribution is 2.26. The average Bonchev–Trinajstić information content (AvgIpc) is 2.59. The summed E-state index contributed by atoms with van der Waals surface area (Å²) in [5.41, 5.74) is 4.38. The van der Waals surface area contributed by atoms with Crippen molar-refractivity contribution >= 4 is 21.9 Å². The van der Waals surface area contributed by atoms with Gasteiger partial charge >= 0.3 is 5.97 Å². The molecule has 0 saturated heterocycles. The molecule has 0 aliphatic rings. The molecule has 4 nitrogen and oxygen atoms in total. The topological polar surface area (TPSA) is 55.1 Å². The first kappa shape index (κ1) is 12.8. The number of rotatable bonds is 2. The highest BCUT2D eigenvalue weighted by Gasteiger charge is 2.17. The first-order valence-corrected chi connectivity index (χ1v) is 6.26. The maximum atomic E-state index is 11.0. The van der Waals surface area contributed by atoms with Crippen molar-refractivity contribution < 1.29 is 9.90 Å². The molecule has 0 spiro atoms. The number of carbonyl (C=O) groups is 1. The molecule has 1 N–H and O–H groups in total. The van der Waals surface area contributed by atoms with Crippen LogP contribution in [0, 0.1) is 20.8 Å². The molecule has 1 aromatic heterocycles. The van der Waals surface area contributed by atoms with Crippen LogP contribution in [-0.2, 0) is 0 Å². The van der Waals surface area contributed by atoms with Crippen LogP contribution in [0.2, 0.25) is 0 Å². The minimum Gasteiger partial charge on any atom is -0.478 e. The van der Waals surface area contributed by atoms with Crippen molar-refractivity contribution in [3.8, 4) is 5.69 Å². The van der Waals surface area contributed by atoms with Gasteiger partial charge in [0, 0.05) is 0 Å². The van der Waals surface area contributed by atoms with Gasteiger partial charge in [-0.2, -0.15) is 5.10 Å². The summed E-state index contributed by atoms with van der Waals surface area (Å²) in [6.07, 6.45) is 1.35. The zero-order valence-corrected chi connectivity index (χ0v) is 11.9. The summed E-state index contributed by atoms with van der Waals surface area (Å²) in [6.45, 7) is 6.01. The number of aromatic carboxylic acids is 1. The molecule has 0 unspecified atom stereocenters. The van der Waals surface area contributed by atoms with Crippen LogP contribution in [0.1, 0.15) is 27.0 Å². The van der Waals surface area contributed by atoms with E-state index in [1.807, 2.05) is 20.8 Å². The molecule has 0 atom stereocenters. The highest BCUT2D eigenvalue weighted by molar-refractivity contribution is 9.10. The van der Waals surface area contributed by atoms with E-state index in [4.69, 9.17) is 5.11 Å². The number of halogens is 1. The number of benzene rings is 1. The first-order chi connectivity index (χ1) is 8.41. The van der Waals surface area contributed by atoms with Crippen LogP contribution in [0.5, 0.6) is 0 Å². The van der Waals surface area contributed by atoms with E-state index in [0.29, 0.717) is 4.60 Å². The van der Waals surface area contributed by atoms with Gasteiger partial charge in [-0.15, -0.1) is 0 Å². The summed E-state index contributed by atoms with van der Waals surface area (Å²) in [5, 5.41) is 13.2. The minimum atomic E-state index is -0.990. The van der Waals surface area contributed by atoms with E-state index in [1.54, 1.807) is 4.68 Å². The number of carboxylic acids is 1. The molecular weight excluding hydrogens is 296 g/mol. The maximum Gasteiger partial charge on any atom is 0.340 e. The van der Waals surface area contributed by atoms with Crippen molar-refractivity contribution in [2.24, 2.45) is 0 Å². The lowest BCUT2D eigenvalue weighted by molar-refractivity contribution is 0.0696. The molecule has 0 fully saturated rings. The molecule has 1 aromatic carbocycles. The molecule has 5 heteroatoms. The van der Waals surface area contributed by atoms with E-state index in [1.165, 1.54) is 11.8 Å². The van der Waals surface area contributed by atoms with Crippen molar-refractivity contribution in [1.82, 2.24) is 9.78 Å². The van der Waals surface area contributed by atoms with E-state index in [0.717, 1.165) is 16.8 Å². The minimum absolute atomic E-state index is 0.161. The van der Waals surface area contributed by atoms with Gasteiger partial charge in [-0.05, 0) is 47.8 Å². The zero-order chi connectivity index (χ0) is 13.4. The lowest BCUT2D eigenvalue weighted by Gasteiger charge is -2.12. The molecule has 1 heterocycles. The molecule has 18 heavy (non-hydrogen) atoms. The van der Waals surface area contributed by atoms with Crippen molar-refractivity contribution in [2.45, 2.75) is 20.8 Å². The standard InChI is InChI=1S/C13H13BrN2O2/c1-7-4-8(2)11(9(3)5-7)16-12(14)10(6-15-16)13(17)18/h4-6H,1-3H3,(H,17,18). The Bertz CT molecular complexity index is 609. The number of carboxylic acid groups (broad SMARTS) is 1. The molecular formula is C13H13BrN2O2. The van der Waals surface area contributed by atoms with Crippen LogP contribution in [0.3, 0.4) is 0 Å². The van der Waals surface area contributed by atoms with Crippen LogP contribution in [-0.4, -0.2) is 20.9 Å². The van der Waals surface area contributed by atoms with Crippen LogP contribution in [0.25, 0.3) is 5.69 Å². The van der Waals surface area contributed by atoms with Gasteiger partial charge < -0.3 is 5.11 Å². The summed E-state index contributed by atoms with van der Waals surface area (Å²) < 4.78 is 2.08. The normalized spacial score (nSPS) is 10.7. The van der Waals surface area contributed by atoms with Crippen LogP contribution < -0.4 is 0 Å². The van der Waals surface area contributed by atoms with Gasteiger partial charge in [0.15, 0.2) is 0 Å². The van der Waals surface area contributed by atoms with Crippen molar-refractivity contribution in [2.75, 3.05) is 0 Å². The number of hydrogen-bond acceptors (Lipinski definition) is 2. The fourth-order valence-electron chi connectivity index (χ4n) is 2.14. The Labute approximate surface area is 113 Å². The summed E-state index contributed by atoms with van der Waals surface area (Å²) in [4.78, 5) is 11.0. The SMILES string of the molecule is Cc1cc(C)c(-n2ncc(C(=O)O)c2Br)c(C)c1. The molecule has 0 amide bonds. The predicted molar refractivity (Wildman–Crippen MR) is 72.4 cm³/mol. The maximum absolute atomic E-state index is 11.0. The fraction of sp³-hybridized carbons (Fsp3) is 0.231. The van der Waals surface area contributed by atoms with E-state index in [9.17, 15) is 4.79 Å². The summed E-state index contributed by atoms with van der Waals surface area (Å²) in [5.74, 6) is -0.990. The number of hydrogen-bond donors (Lipinski definition) is 1. The highest BCUT2D eigenvalue weighted by atomic mass is 79.9. The lowest BCUT2D eigenvalue weighted by atomic mass is 10.1. The summed E-state index contributed by atoms with van der Waals surface area (Å²) in [7, 11) is 0. The van der Waals surface area contributed by atoms with Crippen molar-refractivity contribution in [1.29, 1.82) is 0 Å². The quantitative estimate of drug-likeness (QED) is 0.926. The molecule has 2 rings (SSSR count). The third kappa shape index (κ3) is 2.06. The lowest BCUT2D eigenvalue weighted by Crippen LogP contribution is -2.04. The molecule has 0 aliphatic carbocycles. The third-order valence-corrected chi connectivity index (χ3v) is 3.55. The van der Waals surface area contributed by atoms with Crippen molar-refractivity contribution in [3.05, 3.63) is 45.2 Å². The Hall–Kier alpha value is -1.62. The van der Waals surface area contributed by atoms with E-state index < -0.39 is 5.97 Å². The van der Waals surface area contributed by atoms with Crippen molar-refractivity contribution in [3.63, 3.8) is 0 Å². The molecule has 94 valence electrons. The van der Waals surface area contributed by atoms with E-state index in [-0.39, 0.29) is 5.56 Å². The monoisotopic (exact) mass is 308 g/mol. The number of aromatic nitrogens is 2. The number of aryl methyl sites for hydroxylation is 3. The number of nitrogens with zero attached hydrogens (tertiary/aromatic N) is 2. The Balaban J connectivity index is 2.67. The molecule has 0 bridgehead atoms. The molecule has 0 saturated carbocycles. The van der Waals surface area contributed by atoms with Gasteiger partial charge in [0.2, 0.25) is 0 Å². The van der Waals surface area contributed by atoms with Gasteiger partial charge in [-0.3, -0.25) is 0 Å². The first-order valence-electron chi connectivity index (χ1n) is 5.47. The molecule has 2 aromatic rings. The largest absolute Gasteiger partial charge is 0.478 e.